The molecule has 0 aliphatic heterocycles. The third-order valence-electron chi connectivity index (χ3n) is 2.12. The number of amides is 1. The average Bonchev–Trinajstić information content (AvgIpc) is 2.17. The summed E-state index contributed by atoms with van der Waals surface area (Å²) in [6.45, 7) is 12.1. The van der Waals surface area contributed by atoms with E-state index in [0.29, 0.717) is 11.3 Å². The number of carbonyl (C=O) groups is 2. The van der Waals surface area contributed by atoms with Crippen LogP contribution < -0.4 is 5.32 Å². The van der Waals surface area contributed by atoms with E-state index in [1.54, 1.807) is 20.8 Å². The van der Waals surface area contributed by atoms with Crippen LogP contribution in [-0.4, -0.2) is 24.4 Å². The van der Waals surface area contributed by atoms with E-state index in [0.717, 1.165) is 6.29 Å². The molecule has 0 radical (unpaired) electrons. The van der Waals surface area contributed by atoms with Crippen LogP contribution in [0.2, 0.25) is 0 Å². The van der Waals surface area contributed by atoms with Crippen LogP contribution in [-0.2, 0) is 9.59 Å². The van der Waals surface area contributed by atoms with Crippen LogP contribution in [0.3, 0.4) is 0 Å². The first-order chi connectivity index (χ1) is 7.37. The number of hydrogen-bond acceptors (Lipinski definition) is 3. The first-order valence-electron chi connectivity index (χ1n) is 4.94. The summed E-state index contributed by atoms with van der Waals surface area (Å²) in [6.07, 6.45) is 2.45. The first-order valence-corrected chi connectivity index (χ1v) is 4.94. The molecule has 0 saturated carbocycles. The second kappa shape index (κ2) is 6.00. The van der Waals surface area contributed by atoms with Gasteiger partial charge in [0.2, 0.25) is 0 Å². The highest BCUT2D eigenvalue weighted by Gasteiger charge is 2.21. The zero-order valence-corrected chi connectivity index (χ0v) is 10.0. The van der Waals surface area contributed by atoms with E-state index < -0.39 is 5.54 Å². The van der Waals surface area contributed by atoms with Crippen molar-refractivity contribution in [2.75, 3.05) is 0 Å². The number of hydrogen-bond donors (Lipinski definition) is 1. The molecule has 88 valence electrons. The van der Waals surface area contributed by atoms with Gasteiger partial charge in [0, 0.05) is 17.7 Å². The Balaban J connectivity index is 4.88. The van der Waals surface area contributed by atoms with Gasteiger partial charge in [-0.2, -0.15) is 0 Å². The molecule has 0 bridgehead atoms. The Morgan fingerprint density at radius 2 is 2.06 bits per heavy atom. The summed E-state index contributed by atoms with van der Waals surface area (Å²) in [7, 11) is 0. The highest BCUT2D eigenvalue weighted by molar-refractivity contribution is 5.97. The largest absolute Gasteiger partial charge is 0.347 e. The number of allylic oxidation sites excluding steroid dienone is 1. The van der Waals surface area contributed by atoms with Gasteiger partial charge in [0.1, 0.15) is 6.29 Å². The van der Waals surface area contributed by atoms with Crippen LogP contribution >= 0.6 is 0 Å². The fourth-order valence-corrected chi connectivity index (χ4v) is 1.12. The van der Waals surface area contributed by atoms with Gasteiger partial charge in [-0.1, -0.05) is 12.7 Å². The lowest BCUT2D eigenvalue weighted by Gasteiger charge is -2.24. The molecule has 16 heavy (non-hydrogen) atoms. The molecule has 0 aliphatic carbocycles. The van der Waals surface area contributed by atoms with Crippen LogP contribution in [0, 0.1) is 0 Å². The SMILES string of the molecule is C=C/C(C(=O)NC(C)(C)CC=O)=C(/C)N=C. The Morgan fingerprint density at radius 3 is 2.44 bits per heavy atom. The number of nitrogens with one attached hydrogen (secondary N) is 1. The van der Waals surface area contributed by atoms with Crippen molar-refractivity contribution < 1.29 is 9.59 Å². The van der Waals surface area contributed by atoms with E-state index in [4.69, 9.17) is 0 Å². The van der Waals surface area contributed by atoms with Gasteiger partial charge in [-0.3, -0.25) is 9.79 Å². The minimum atomic E-state index is -0.575. The summed E-state index contributed by atoms with van der Waals surface area (Å²) in [4.78, 5) is 25.9. The standard InChI is InChI=1S/C12H18N2O2/c1-6-10(9(2)13-5)11(16)14-12(3,4)7-8-15/h6,8H,1,5,7H2,2-4H3,(H,14,16)/b10-9+. The fourth-order valence-electron chi connectivity index (χ4n) is 1.12. The number of aldehydes is 1. The van der Waals surface area contributed by atoms with Crippen molar-refractivity contribution >= 4 is 18.9 Å². The molecule has 0 fully saturated rings. The average molecular weight is 222 g/mol. The van der Waals surface area contributed by atoms with E-state index in [1.165, 1.54) is 6.08 Å². The minimum absolute atomic E-state index is 0.254. The van der Waals surface area contributed by atoms with Crippen LogP contribution in [0.5, 0.6) is 0 Å². The summed E-state index contributed by atoms with van der Waals surface area (Å²) < 4.78 is 0. The lowest BCUT2D eigenvalue weighted by atomic mass is 10.0. The molecule has 0 aromatic carbocycles. The Hall–Kier alpha value is -1.71. The maximum atomic E-state index is 11.8. The Morgan fingerprint density at radius 1 is 1.50 bits per heavy atom. The topological polar surface area (TPSA) is 58.5 Å². The van der Waals surface area contributed by atoms with Gasteiger partial charge in [-0.15, -0.1) is 0 Å². The minimum Gasteiger partial charge on any atom is -0.347 e. The summed E-state index contributed by atoms with van der Waals surface area (Å²) in [5.41, 5.74) is 0.303. The Labute approximate surface area is 96.1 Å². The maximum Gasteiger partial charge on any atom is 0.253 e. The second-order valence-corrected chi connectivity index (χ2v) is 4.07. The van der Waals surface area contributed by atoms with Crippen LogP contribution in [0.1, 0.15) is 27.2 Å². The summed E-state index contributed by atoms with van der Waals surface area (Å²) in [5.74, 6) is -0.299. The van der Waals surface area contributed by atoms with Crippen molar-refractivity contribution in [1.29, 1.82) is 0 Å². The third kappa shape index (κ3) is 4.21. The van der Waals surface area contributed by atoms with Crippen LogP contribution in [0.25, 0.3) is 0 Å². The molecule has 0 unspecified atom stereocenters. The van der Waals surface area contributed by atoms with E-state index >= 15 is 0 Å². The normalized spacial score (nSPS) is 12.4. The Kier molecular flexibility index (Phi) is 5.36. The molecule has 0 aromatic rings. The number of rotatable bonds is 6. The van der Waals surface area contributed by atoms with Gasteiger partial charge in [-0.25, -0.2) is 0 Å². The van der Waals surface area contributed by atoms with Crippen molar-refractivity contribution in [2.24, 2.45) is 4.99 Å². The lowest BCUT2D eigenvalue weighted by Crippen LogP contribution is -2.44. The fraction of sp³-hybridized carbons (Fsp3) is 0.417. The van der Waals surface area contributed by atoms with Crippen molar-refractivity contribution in [3.8, 4) is 0 Å². The van der Waals surface area contributed by atoms with Crippen molar-refractivity contribution in [1.82, 2.24) is 5.32 Å². The Bertz CT molecular complexity index is 341. The molecule has 1 N–H and O–H groups in total. The number of aliphatic imine (C=N–C) groups is 1. The van der Waals surface area contributed by atoms with E-state index in [1.807, 2.05) is 0 Å². The highest BCUT2D eigenvalue weighted by atomic mass is 16.2. The van der Waals surface area contributed by atoms with Gasteiger partial charge in [0.05, 0.1) is 5.57 Å². The second-order valence-electron chi connectivity index (χ2n) is 4.07. The van der Waals surface area contributed by atoms with Crippen molar-refractivity contribution in [3.63, 3.8) is 0 Å². The van der Waals surface area contributed by atoms with Gasteiger partial charge in [0.25, 0.3) is 5.91 Å². The molecule has 1 amide bonds. The van der Waals surface area contributed by atoms with Gasteiger partial charge in [-0.05, 0) is 27.5 Å². The smallest absolute Gasteiger partial charge is 0.253 e. The number of carbonyl (C=O) groups excluding carboxylic acids is 2. The maximum absolute atomic E-state index is 11.8. The number of nitrogens with zero attached hydrogens (tertiary/aromatic N) is 1. The predicted octanol–water partition coefficient (Wildman–Crippen LogP) is 1.63. The van der Waals surface area contributed by atoms with E-state index in [-0.39, 0.29) is 12.3 Å². The molecule has 0 aromatic heterocycles. The van der Waals surface area contributed by atoms with Crippen LogP contribution in [0.15, 0.2) is 28.9 Å². The van der Waals surface area contributed by atoms with E-state index in [2.05, 4.69) is 23.6 Å². The summed E-state index contributed by atoms with van der Waals surface area (Å²) in [5, 5.41) is 2.74. The molecule has 0 rings (SSSR count). The molecule has 0 aliphatic rings. The lowest BCUT2D eigenvalue weighted by molar-refractivity contribution is -0.119. The molecule has 4 heteroatoms. The van der Waals surface area contributed by atoms with Crippen molar-refractivity contribution in [3.05, 3.63) is 23.9 Å². The third-order valence-corrected chi connectivity index (χ3v) is 2.12. The molecular weight excluding hydrogens is 204 g/mol. The monoisotopic (exact) mass is 222 g/mol. The zero-order valence-electron chi connectivity index (χ0n) is 10.0. The van der Waals surface area contributed by atoms with Crippen LogP contribution in [0.4, 0.5) is 0 Å². The van der Waals surface area contributed by atoms with Gasteiger partial charge < -0.3 is 10.1 Å². The highest BCUT2D eigenvalue weighted by Crippen LogP contribution is 2.11. The summed E-state index contributed by atoms with van der Waals surface area (Å²) >= 11 is 0. The summed E-state index contributed by atoms with van der Waals surface area (Å²) in [6, 6.07) is 0. The molecule has 0 saturated heterocycles. The van der Waals surface area contributed by atoms with E-state index in [9.17, 15) is 9.59 Å². The van der Waals surface area contributed by atoms with Gasteiger partial charge >= 0.3 is 0 Å². The zero-order chi connectivity index (χ0) is 12.8. The molecule has 4 nitrogen and oxygen atoms in total. The molecular formula is C12H18N2O2. The molecule has 0 atom stereocenters. The van der Waals surface area contributed by atoms with Gasteiger partial charge in [0.15, 0.2) is 0 Å². The quantitative estimate of drug-likeness (QED) is 0.321. The predicted molar refractivity (Wildman–Crippen MR) is 65.3 cm³/mol. The molecule has 0 heterocycles. The first kappa shape index (κ1) is 14.3. The van der Waals surface area contributed by atoms with Crippen molar-refractivity contribution in [2.45, 2.75) is 32.7 Å². The molecule has 0 spiro atoms.